The maximum atomic E-state index is 12.2. The number of anilines is 2. The Labute approximate surface area is 126 Å². The molecule has 110 valence electrons. The average molecular weight is 304 g/mol. The van der Waals surface area contributed by atoms with E-state index in [-0.39, 0.29) is 11.8 Å². The minimum absolute atomic E-state index is 0.00849. The second-order valence-electron chi connectivity index (χ2n) is 4.93. The predicted octanol–water partition coefficient (Wildman–Crippen LogP) is 1.49. The van der Waals surface area contributed by atoms with Gasteiger partial charge < -0.3 is 10.2 Å². The molecular formula is C13H16N6OS. The molecule has 1 fully saturated rings. The van der Waals surface area contributed by atoms with Crippen LogP contribution in [0.4, 0.5) is 11.1 Å². The standard InChI is InChI=1S/C13H16N6OS/c1-9-17-18-13(21-9)16-11(20)10-3-7-19(8-4-10)12-14-5-2-6-15-12/h2,5-6,10H,3-4,7-8H2,1H3,(H,16,18,20). The summed E-state index contributed by atoms with van der Waals surface area (Å²) >= 11 is 1.39. The zero-order valence-corrected chi connectivity index (χ0v) is 12.5. The molecule has 7 nitrogen and oxygen atoms in total. The van der Waals surface area contributed by atoms with E-state index in [0.29, 0.717) is 5.13 Å². The number of hydrogen-bond acceptors (Lipinski definition) is 7. The number of nitrogens with zero attached hydrogens (tertiary/aromatic N) is 5. The van der Waals surface area contributed by atoms with Crippen LogP contribution in [0.3, 0.4) is 0 Å². The number of amides is 1. The van der Waals surface area contributed by atoms with Crippen molar-refractivity contribution in [3.05, 3.63) is 23.5 Å². The van der Waals surface area contributed by atoms with Crippen LogP contribution in [0.1, 0.15) is 17.8 Å². The third-order valence-corrected chi connectivity index (χ3v) is 4.21. The van der Waals surface area contributed by atoms with E-state index in [4.69, 9.17) is 0 Å². The number of aromatic nitrogens is 4. The van der Waals surface area contributed by atoms with Gasteiger partial charge >= 0.3 is 0 Å². The van der Waals surface area contributed by atoms with Crippen molar-refractivity contribution in [2.75, 3.05) is 23.3 Å². The number of aryl methyl sites for hydroxylation is 1. The normalized spacial score (nSPS) is 16.0. The summed E-state index contributed by atoms with van der Waals surface area (Å²) in [4.78, 5) is 22.8. The SMILES string of the molecule is Cc1nnc(NC(=O)C2CCN(c3ncccn3)CC2)s1. The Hall–Kier alpha value is -2.09. The highest BCUT2D eigenvalue weighted by Gasteiger charge is 2.26. The van der Waals surface area contributed by atoms with Crippen LogP contribution >= 0.6 is 11.3 Å². The van der Waals surface area contributed by atoms with E-state index in [1.165, 1.54) is 11.3 Å². The molecule has 0 atom stereocenters. The highest BCUT2D eigenvalue weighted by atomic mass is 32.1. The molecule has 0 spiro atoms. The molecule has 8 heteroatoms. The Kier molecular flexibility index (Phi) is 4.05. The van der Waals surface area contributed by atoms with Crippen molar-refractivity contribution in [3.63, 3.8) is 0 Å². The summed E-state index contributed by atoms with van der Waals surface area (Å²) in [5.41, 5.74) is 0. The zero-order chi connectivity index (χ0) is 14.7. The summed E-state index contributed by atoms with van der Waals surface area (Å²) in [6.07, 6.45) is 5.06. The molecule has 1 aliphatic heterocycles. The molecule has 1 aliphatic rings. The van der Waals surface area contributed by atoms with Gasteiger partial charge in [0.25, 0.3) is 0 Å². The molecule has 0 unspecified atom stereocenters. The lowest BCUT2D eigenvalue weighted by Crippen LogP contribution is -2.39. The highest BCUT2D eigenvalue weighted by Crippen LogP contribution is 2.22. The fourth-order valence-corrected chi connectivity index (χ4v) is 2.95. The van der Waals surface area contributed by atoms with Crippen LogP contribution in [0.5, 0.6) is 0 Å². The second-order valence-corrected chi connectivity index (χ2v) is 6.11. The summed E-state index contributed by atoms with van der Waals surface area (Å²) < 4.78 is 0. The summed E-state index contributed by atoms with van der Waals surface area (Å²) in [5, 5.41) is 12.1. The number of carbonyl (C=O) groups excluding carboxylic acids is 1. The lowest BCUT2D eigenvalue weighted by atomic mass is 9.96. The minimum atomic E-state index is 0.00849. The van der Waals surface area contributed by atoms with Gasteiger partial charge in [-0.15, -0.1) is 10.2 Å². The fraction of sp³-hybridized carbons (Fsp3) is 0.462. The van der Waals surface area contributed by atoms with Gasteiger partial charge in [0.2, 0.25) is 17.0 Å². The van der Waals surface area contributed by atoms with E-state index in [1.807, 2.05) is 6.92 Å². The van der Waals surface area contributed by atoms with Crippen molar-refractivity contribution >= 4 is 28.3 Å². The Bertz CT molecular complexity index is 608. The number of carbonyl (C=O) groups is 1. The smallest absolute Gasteiger partial charge is 0.229 e. The van der Waals surface area contributed by atoms with E-state index < -0.39 is 0 Å². The van der Waals surface area contributed by atoms with Crippen molar-refractivity contribution in [2.24, 2.45) is 5.92 Å². The molecule has 2 aromatic heterocycles. The van der Waals surface area contributed by atoms with Gasteiger partial charge in [-0.05, 0) is 25.8 Å². The maximum absolute atomic E-state index is 12.2. The molecule has 1 N–H and O–H groups in total. The maximum Gasteiger partial charge on any atom is 0.229 e. The fourth-order valence-electron chi connectivity index (χ4n) is 2.35. The van der Waals surface area contributed by atoms with Crippen LogP contribution in [0.25, 0.3) is 0 Å². The van der Waals surface area contributed by atoms with E-state index in [0.717, 1.165) is 36.9 Å². The predicted molar refractivity (Wildman–Crippen MR) is 80.2 cm³/mol. The molecule has 2 aromatic rings. The highest BCUT2D eigenvalue weighted by molar-refractivity contribution is 7.15. The Morgan fingerprint density at radius 1 is 1.29 bits per heavy atom. The molecule has 3 rings (SSSR count). The van der Waals surface area contributed by atoms with E-state index in [1.54, 1.807) is 18.5 Å². The first kappa shape index (κ1) is 13.9. The van der Waals surface area contributed by atoms with Crippen LogP contribution in [-0.4, -0.2) is 39.2 Å². The van der Waals surface area contributed by atoms with Crippen LogP contribution < -0.4 is 10.2 Å². The largest absolute Gasteiger partial charge is 0.341 e. The Morgan fingerprint density at radius 2 is 2.00 bits per heavy atom. The lowest BCUT2D eigenvalue weighted by Gasteiger charge is -2.30. The topological polar surface area (TPSA) is 83.9 Å². The molecule has 0 saturated carbocycles. The Morgan fingerprint density at radius 3 is 2.62 bits per heavy atom. The Balaban J connectivity index is 1.54. The van der Waals surface area contributed by atoms with Crippen molar-refractivity contribution in [1.82, 2.24) is 20.2 Å². The lowest BCUT2D eigenvalue weighted by molar-refractivity contribution is -0.120. The van der Waals surface area contributed by atoms with Gasteiger partial charge in [0, 0.05) is 31.4 Å². The number of nitrogens with one attached hydrogen (secondary N) is 1. The van der Waals surface area contributed by atoms with Crippen molar-refractivity contribution in [1.29, 1.82) is 0 Å². The second kappa shape index (κ2) is 6.13. The number of rotatable bonds is 3. The summed E-state index contributed by atoms with van der Waals surface area (Å²) in [7, 11) is 0. The van der Waals surface area contributed by atoms with Gasteiger partial charge in [-0.25, -0.2) is 9.97 Å². The van der Waals surface area contributed by atoms with Crippen LogP contribution in [0.15, 0.2) is 18.5 Å². The molecule has 1 amide bonds. The first-order chi connectivity index (χ1) is 10.2. The van der Waals surface area contributed by atoms with E-state index in [9.17, 15) is 4.79 Å². The number of hydrogen-bond donors (Lipinski definition) is 1. The number of piperidine rings is 1. The van der Waals surface area contributed by atoms with E-state index >= 15 is 0 Å². The molecule has 0 bridgehead atoms. The molecule has 0 radical (unpaired) electrons. The van der Waals surface area contributed by atoms with Crippen LogP contribution in [0, 0.1) is 12.8 Å². The summed E-state index contributed by atoms with van der Waals surface area (Å²) in [6, 6.07) is 1.80. The third-order valence-electron chi connectivity index (χ3n) is 3.46. The van der Waals surface area contributed by atoms with Crippen LogP contribution in [-0.2, 0) is 4.79 Å². The molecule has 0 aromatic carbocycles. The van der Waals surface area contributed by atoms with Gasteiger partial charge in [0.05, 0.1) is 0 Å². The summed E-state index contributed by atoms with van der Waals surface area (Å²) in [6.45, 7) is 3.44. The van der Waals surface area contributed by atoms with Gasteiger partial charge in [0.15, 0.2) is 0 Å². The van der Waals surface area contributed by atoms with E-state index in [2.05, 4.69) is 30.4 Å². The van der Waals surface area contributed by atoms with Gasteiger partial charge in [-0.1, -0.05) is 11.3 Å². The van der Waals surface area contributed by atoms with Gasteiger partial charge in [-0.2, -0.15) is 0 Å². The summed E-state index contributed by atoms with van der Waals surface area (Å²) in [5.74, 6) is 0.769. The minimum Gasteiger partial charge on any atom is -0.341 e. The molecule has 0 aliphatic carbocycles. The molecule has 3 heterocycles. The quantitative estimate of drug-likeness (QED) is 0.925. The van der Waals surface area contributed by atoms with Gasteiger partial charge in [-0.3, -0.25) is 4.79 Å². The van der Waals surface area contributed by atoms with Crippen molar-refractivity contribution < 1.29 is 4.79 Å². The first-order valence-corrected chi connectivity index (χ1v) is 7.67. The zero-order valence-electron chi connectivity index (χ0n) is 11.7. The average Bonchev–Trinajstić information content (AvgIpc) is 2.93. The monoisotopic (exact) mass is 304 g/mol. The van der Waals surface area contributed by atoms with Gasteiger partial charge in [0.1, 0.15) is 5.01 Å². The van der Waals surface area contributed by atoms with Crippen LogP contribution in [0.2, 0.25) is 0 Å². The van der Waals surface area contributed by atoms with Crippen molar-refractivity contribution in [2.45, 2.75) is 19.8 Å². The molecule has 1 saturated heterocycles. The first-order valence-electron chi connectivity index (χ1n) is 6.85. The molecule has 21 heavy (non-hydrogen) atoms. The third kappa shape index (κ3) is 3.33. The van der Waals surface area contributed by atoms with Crippen molar-refractivity contribution in [3.8, 4) is 0 Å². The molecular weight excluding hydrogens is 288 g/mol.